The second-order valence-corrected chi connectivity index (χ2v) is 6.36. The zero-order valence-corrected chi connectivity index (χ0v) is 13.7. The standard InChI is InChI=1S/C19H12ClN3O2/c20-13-7-5-12(6-8-13)17-15-14(18(24)23-17)16(22-19(15)25)11-3-1-10(9-21)2-4-11/h1-8,16-17H,(H,22,25)(H,23,24). The maximum Gasteiger partial charge on any atom is 0.250 e. The molecule has 0 fully saturated rings. The maximum absolute atomic E-state index is 12.5. The van der Waals surface area contributed by atoms with E-state index in [1.807, 2.05) is 0 Å². The van der Waals surface area contributed by atoms with Gasteiger partial charge in [-0.05, 0) is 35.4 Å². The zero-order chi connectivity index (χ0) is 17.6. The third-order valence-electron chi connectivity index (χ3n) is 4.48. The van der Waals surface area contributed by atoms with E-state index >= 15 is 0 Å². The van der Waals surface area contributed by atoms with Crippen LogP contribution in [0.1, 0.15) is 28.8 Å². The van der Waals surface area contributed by atoms with Crippen LogP contribution in [0.15, 0.2) is 59.7 Å². The number of carbonyl (C=O) groups excluding carboxylic acids is 2. The van der Waals surface area contributed by atoms with Crippen molar-refractivity contribution in [1.29, 1.82) is 5.26 Å². The molecule has 2 aliphatic rings. The predicted octanol–water partition coefficient (Wildman–Crippen LogP) is 2.55. The van der Waals surface area contributed by atoms with E-state index in [4.69, 9.17) is 16.9 Å². The molecular formula is C19H12ClN3O2. The molecule has 2 unspecified atom stereocenters. The fourth-order valence-electron chi connectivity index (χ4n) is 3.29. The van der Waals surface area contributed by atoms with Crippen LogP contribution in [0.4, 0.5) is 0 Å². The van der Waals surface area contributed by atoms with E-state index in [0.717, 1.165) is 11.1 Å². The van der Waals surface area contributed by atoms with Crippen LogP contribution >= 0.6 is 11.6 Å². The summed E-state index contributed by atoms with van der Waals surface area (Å²) in [5.41, 5.74) is 2.98. The Hall–Kier alpha value is -3.10. The van der Waals surface area contributed by atoms with Crippen molar-refractivity contribution in [2.75, 3.05) is 0 Å². The van der Waals surface area contributed by atoms with Crippen molar-refractivity contribution in [2.24, 2.45) is 0 Å². The Balaban J connectivity index is 1.75. The molecule has 0 aromatic heterocycles. The van der Waals surface area contributed by atoms with Gasteiger partial charge in [0.2, 0.25) is 0 Å². The lowest BCUT2D eigenvalue weighted by molar-refractivity contribution is -0.118. The van der Waals surface area contributed by atoms with Crippen molar-refractivity contribution in [3.05, 3.63) is 81.4 Å². The van der Waals surface area contributed by atoms with E-state index in [1.54, 1.807) is 48.5 Å². The van der Waals surface area contributed by atoms with Crippen LogP contribution < -0.4 is 10.6 Å². The van der Waals surface area contributed by atoms with Crippen LogP contribution in [-0.2, 0) is 9.59 Å². The molecule has 2 aromatic carbocycles. The normalized spacial score (nSPS) is 21.6. The lowest BCUT2D eigenvalue weighted by Crippen LogP contribution is -2.33. The fourth-order valence-corrected chi connectivity index (χ4v) is 3.41. The summed E-state index contributed by atoms with van der Waals surface area (Å²) < 4.78 is 0. The van der Waals surface area contributed by atoms with Crippen LogP contribution in [-0.4, -0.2) is 11.8 Å². The highest BCUT2D eigenvalue weighted by atomic mass is 35.5. The van der Waals surface area contributed by atoms with Gasteiger partial charge in [0, 0.05) is 5.02 Å². The topological polar surface area (TPSA) is 82.0 Å². The van der Waals surface area contributed by atoms with E-state index < -0.39 is 12.1 Å². The molecule has 0 saturated carbocycles. The first-order valence-electron chi connectivity index (χ1n) is 7.70. The number of hydrogen-bond donors (Lipinski definition) is 2. The Bertz CT molecular complexity index is 954. The van der Waals surface area contributed by atoms with Crippen molar-refractivity contribution in [3.63, 3.8) is 0 Å². The van der Waals surface area contributed by atoms with Crippen molar-refractivity contribution < 1.29 is 9.59 Å². The van der Waals surface area contributed by atoms with Crippen LogP contribution in [0.25, 0.3) is 0 Å². The van der Waals surface area contributed by atoms with Crippen LogP contribution in [0, 0.1) is 11.3 Å². The molecule has 2 N–H and O–H groups in total. The number of benzene rings is 2. The van der Waals surface area contributed by atoms with Gasteiger partial charge in [0.1, 0.15) is 0 Å². The summed E-state index contributed by atoms with van der Waals surface area (Å²) in [7, 11) is 0. The first-order chi connectivity index (χ1) is 12.1. The molecule has 0 spiro atoms. The van der Waals surface area contributed by atoms with Gasteiger partial charge >= 0.3 is 0 Å². The number of halogens is 1. The summed E-state index contributed by atoms with van der Waals surface area (Å²) in [6, 6.07) is 15.0. The average Bonchev–Trinajstić information content (AvgIpc) is 3.15. The molecule has 6 heteroatoms. The molecule has 25 heavy (non-hydrogen) atoms. The number of nitrogens with zero attached hydrogens (tertiary/aromatic N) is 1. The molecule has 0 bridgehead atoms. The molecule has 0 radical (unpaired) electrons. The molecule has 2 aliphatic heterocycles. The van der Waals surface area contributed by atoms with E-state index in [2.05, 4.69) is 16.7 Å². The van der Waals surface area contributed by atoms with E-state index in [0.29, 0.717) is 21.7 Å². The summed E-state index contributed by atoms with van der Waals surface area (Å²) in [5, 5.41) is 15.2. The van der Waals surface area contributed by atoms with Gasteiger partial charge in [-0.1, -0.05) is 35.9 Å². The van der Waals surface area contributed by atoms with Crippen molar-refractivity contribution in [3.8, 4) is 6.07 Å². The number of hydrogen-bond acceptors (Lipinski definition) is 3. The molecule has 5 nitrogen and oxygen atoms in total. The van der Waals surface area contributed by atoms with Gasteiger partial charge in [-0.3, -0.25) is 9.59 Å². The third-order valence-corrected chi connectivity index (χ3v) is 4.74. The molecule has 0 saturated heterocycles. The number of nitrogens with one attached hydrogen (secondary N) is 2. The molecule has 2 heterocycles. The van der Waals surface area contributed by atoms with Gasteiger partial charge < -0.3 is 10.6 Å². The van der Waals surface area contributed by atoms with E-state index in [-0.39, 0.29) is 11.8 Å². The minimum atomic E-state index is -0.507. The Morgan fingerprint density at radius 3 is 1.68 bits per heavy atom. The molecular weight excluding hydrogens is 338 g/mol. The third kappa shape index (κ3) is 2.48. The van der Waals surface area contributed by atoms with Crippen molar-refractivity contribution in [1.82, 2.24) is 10.6 Å². The second-order valence-electron chi connectivity index (χ2n) is 5.93. The minimum Gasteiger partial charge on any atom is -0.341 e. The first-order valence-corrected chi connectivity index (χ1v) is 8.07. The summed E-state index contributed by atoms with van der Waals surface area (Å²) in [5.74, 6) is -0.523. The van der Waals surface area contributed by atoms with Gasteiger partial charge in [0.05, 0.1) is 34.9 Å². The Morgan fingerprint density at radius 2 is 1.24 bits per heavy atom. The largest absolute Gasteiger partial charge is 0.341 e. The van der Waals surface area contributed by atoms with Crippen molar-refractivity contribution >= 4 is 23.4 Å². The predicted molar refractivity (Wildman–Crippen MR) is 91.4 cm³/mol. The molecule has 2 atom stereocenters. The van der Waals surface area contributed by atoms with Crippen molar-refractivity contribution in [2.45, 2.75) is 12.1 Å². The van der Waals surface area contributed by atoms with Gasteiger partial charge in [0.25, 0.3) is 11.8 Å². The SMILES string of the molecule is N#Cc1ccc(C2NC(=O)C3=C2C(=O)NC3c2ccc(Cl)cc2)cc1. The zero-order valence-electron chi connectivity index (χ0n) is 12.9. The van der Waals surface area contributed by atoms with Gasteiger partial charge in [-0.25, -0.2) is 0 Å². The molecule has 0 aliphatic carbocycles. The summed E-state index contributed by atoms with van der Waals surface area (Å²) in [6.45, 7) is 0. The second kappa shape index (κ2) is 5.76. The Labute approximate surface area is 148 Å². The van der Waals surface area contributed by atoms with Crippen LogP contribution in [0.5, 0.6) is 0 Å². The molecule has 2 amide bonds. The van der Waals surface area contributed by atoms with Gasteiger partial charge in [-0.15, -0.1) is 0 Å². The smallest absolute Gasteiger partial charge is 0.250 e. The molecule has 4 rings (SSSR count). The number of carbonyl (C=O) groups is 2. The molecule has 122 valence electrons. The minimum absolute atomic E-state index is 0.261. The summed E-state index contributed by atoms with van der Waals surface area (Å²) >= 11 is 5.91. The average molecular weight is 350 g/mol. The Kier molecular flexibility index (Phi) is 3.56. The van der Waals surface area contributed by atoms with E-state index in [9.17, 15) is 9.59 Å². The Morgan fingerprint density at radius 1 is 0.800 bits per heavy atom. The maximum atomic E-state index is 12.5. The lowest BCUT2D eigenvalue weighted by Gasteiger charge is -2.17. The number of nitriles is 1. The van der Waals surface area contributed by atoms with Gasteiger partial charge in [-0.2, -0.15) is 5.26 Å². The highest BCUT2D eigenvalue weighted by molar-refractivity contribution is 6.30. The summed E-state index contributed by atoms with van der Waals surface area (Å²) in [6.07, 6.45) is 0. The van der Waals surface area contributed by atoms with Gasteiger partial charge in [0.15, 0.2) is 0 Å². The highest BCUT2D eigenvalue weighted by Crippen LogP contribution is 2.41. The number of amides is 2. The summed E-state index contributed by atoms with van der Waals surface area (Å²) in [4.78, 5) is 25.0. The van der Waals surface area contributed by atoms with Crippen LogP contribution in [0.3, 0.4) is 0 Å². The highest BCUT2D eigenvalue weighted by Gasteiger charge is 2.45. The lowest BCUT2D eigenvalue weighted by atomic mass is 9.95. The molecule has 2 aromatic rings. The first kappa shape index (κ1) is 15.4. The number of rotatable bonds is 2. The fraction of sp³-hybridized carbons (Fsp3) is 0.105. The monoisotopic (exact) mass is 349 g/mol. The van der Waals surface area contributed by atoms with E-state index in [1.165, 1.54) is 0 Å². The van der Waals surface area contributed by atoms with Crippen LogP contribution in [0.2, 0.25) is 5.02 Å². The quantitative estimate of drug-likeness (QED) is 0.874.